The highest BCUT2D eigenvalue weighted by atomic mass is 16.6. The Hall–Kier alpha value is -1.59. The van der Waals surface area contributed by atoms with Crippen LogP contribution in [0.25, 0.3) is 0 Å². The van der Waals surface area contributed by atoms with Gasteiger partial charge in [-0.2, -0.15) is 0 Å². The average Bonchev–Trinajstić information content (AvgIpc) is 2.11. The fourth-order valence-electron chi connectivity index (χ4n) is 1.12. The highest BCUT2D eigenvalue weighted by Crippen LogP contribution is 2.07. The van der Waals surface area contributed by atoms with Gasteiger partial charge in [-0.05, 0) is 33.6 Å². The van der Waals surface area contributed by atoms with Crippen molar-refractivity contribution in [2.75, 3.05) is 0 Å². The maximum absolute atomic E-state index is 11.5. The molecule has 0 spiro atoms. The molecule has 0 heterocycles. The number of hydrogen-bond donors (Lipinski definition) is 1. The molecule has 0 radical (unpaired) electrons. The molecule has 0 unspecified atom stereocenters. The third-order valence-corrected chi connectivity index (χ3v) is 1.88. The van der Waals surface area contributed by atoms with E-state index in [-0.39, 0.29) is 12.3 Å². The molecule has 0 aliphatic carbocycles. The van der Waals surface area contributed by atoms with E-state index >= 15 is 0 Å². The molecule has 0 aliphatic rings. The fraction of sp³-hybridized carbons (Fsp3) is 0.769. The summed E-state index contributed by atoms with van der Waals surface area (Å²) in [5.41, 5.74) is -0.652. The Bertz CT molecular complexity index is 343. The highest BCUT2D eigenvalue weighted by molar-refractivity contribution is 5.90. The summed E-state index contributed by atoms with van der Waals surface area (Å²) in [6, 6.07) is -0.939. The second kappa shape index (κ2) is 7.11. The van der Waals surface area contributed by atoms with Crippen LogP contribution in [-0.2, 0) is 19.1 Å². The minimum absolute atomic E-state index is 0.106. The maximum atomic E-state index is 11.5. The zero-order valence-corrected chi connectivity index (χ0v) is 12.4. The average molecular weight is 273 g/mol. The maximum Gasteiger partial charge on any atom is 0.408 e. The minimum atomic E-state index is -0.939. The Kier molecular flexibility index (Phi) is 6.52. The van der Waals surface area contributed by atoms with Crippen LogP contribution in [0.2, 0.25) is 0 Å². The van der Waals surface area contributed by atoms with E-state index < -0.39 is 29.7 Å². The molecule has 0 aromatic rings. The van der Waals surface area contributed by atoms with E-state index in [0.29, 0.717) is 0 Å². The molecule has 1 amide bonds. The van der Waals surface area contributed by atoms with Gasteiger partial charge in [0.25, 0.3) is 0 Å². The van der Waals surface area contributed by atoms with Crippen molar-refractivity contribution in [1.82, 2.24) is 5.32 Å². The van der Waals surface area contributed by atoms with Gasteiger partial charge in [-0.3, -0.25) is 4.79 Å². The smallest absolute Gasteiger partial charge is 0.408 e. The summed E-state index contributed by atoms with van der Waals surface area (Å²) in [6.45, 7) is 10.2. The van der Waals surface area contributed by atoms with E-state index in [1.54, 1.807) is 20.8 Å². The molecule has 6 heteroatoms. The van der Waals surface area contributed by atoms with E-state index in [0.717, 1.165) is 0 Å². The number of nitrogens with one attached hydrogen (secondary N) is 1. The molecule has 0 saturated heterocycles. The van der Waals surface area contributed by atoms with Crippen LogP contribution in [0.15, 0.2) is 0 Å². The van der Waals surface area contributed by atoms with Crippen molar-refractivity contribution >= 4 is 18.0 Å². The summed E-state index contributed by atoms with van der Waals surface area (Å²) < 4.78 is 9.59. The van der Waals surface area contributed by atoms with Crippen LogP contribution >= 0.6 is 0 Å². The Morgan fingerprint density at radius 1 is 1.11 bits per heavy atom. The van der Waals surface area contributed by atoms with Gasteiger partial charge >= 0.3 is 18.0 Å². The Balaban J connectivity index is 4.20. The number of rotatable bonds is 4. The molecule has 0 bridgehead atoms. The number of alkyl carbamates (subject to hydrolysis) is 1. The predicted molar refractivity (Wildman–Crippen MR) is 69.4 cm³/mol. The van der Waals surface area contributed by atoms with Gasteiger partial charge in [0.15, 0.2) is 0 Å². The first kappa shape index (κ1) is 17.4. The molecular weight excluding hydrogens is 250 g/mol. The number of carbonyl (C=O) groups is 3. The van der Waals surface area contributed by atoms with E-state index in [1.807, 2.05) is 13.8 Å². The SMILES string of the molecule is CC(C)CC(=O)OC(=O)[C@@H](C)NC(=O)OC(C)(C)C. The van der Waals surface area contributed by atoms with Gasteiger partial charge < -0.3 is 14.8 Å². The second-order valence-corrected chi connectivity index (χ2v) is 5.76. The van der Waals surface area contributed by atoms with Gasteiger partial charge in [-0.15, -0.1) is 0 Å². The third-order valence-electron chi connectivity index (χ3n) is 1.88. The molecule has 1 N–H and O–H groups in total. The van der Waals surface area contributed by atoms with Crippen molar-refractivity contribution in [1.29, 1.82) is 0 Å². The van der Waals surface area contributed by atoms with Gasteiger partial charge in [0.2, 0.25) is 0 Å². The molecule has 0 aliphatic heterocycles. The van der Waals surface area contributed by atoms with E-state index in [9.17, 15) is 14.4 Å². The lowest BCUT2D eigenvalue weighted by molar-refractivity contribution is -0.161. The second-order valence-electron chi connectivity index (χ2n) is 5.76. The quantitative estimate of drug-likeness (QED) is 0.626. The monoisotopic (exact) mass is 273 g/mol. The number of carbonyl (C=O) groups excluding carboxylic acids is 3. The van der Waals surface area contributed by atoms with Crippen LogP contribution in [0, 0.1) is 5.92 Å². The van der Waals surface area contributed by atoms with Gasteiger partial charge in [-0.25, -0.2) is 9.59 Å². The Labute approximate surface area is 113 Å². The summed E-state index contributed by atoms with van der Waals surface area (Å²) in [5, 5.41) is 2.31. The van der Waals surface area contributed by atoms with E-state index in [4.69, 9.17) is 4.74 Å². The number of hydrogen-bond acceptors (Lipinski definition) is 5. The molecular formula is C13H23NO5. The van der Waals surface area contributed by atoms with Gasteiger partial charge in [0.1, 0.15) is 11.6 Å². The molecule has 0 saturated carbocycles. The molecule has 0 rings (SSSR count). The zero-order chi connectivity index (χ0) is 15.2. The van der Waals surface area contributed by atoms with Gasteiger partial charge in [0.05, 0.1) is 0 Å². The standard InChI is InChI=1S/C13H23NO5/c1-8(2)7-10(15)18-11(16)9(3)14-12(17)19-13(4,5)6/h8-9H,7H2,1-6H3,(H,14,17)/t9-/m1/s1. The van der Waals surface area contributed by atoms with Crippen molar-refractivity contribution in [3.63, 3.8) is 0 Å². The summed E-state index contributed by atoms with van der Waals surface area (Å²) in [5.74, 6) is -1.29. The molecule has 1 atom stereocenters. The van der Waals surface area contributed by atoms with Crippen LogP contribution in [0.4, 0.5) is 4.79 Å². The van der Waals surface area contributed by atoms with Crippen LogP contribution in [-0.4, -0.2) is 29.7 Å². The molecule has 110 valence electrons. The first-order chi connectivity index (χ1) is 8.51. The fourth-order valence-corrected chi connectivity index (χ4v) is 1.12. The zero-order valence-electron chi connectivity index (χ0n) is 12.4. The number of amides is 1. The van der Waals surface area contributed by atoms with Gasteiger partial charge in [0, 0.05) is 6.42 Å². The van der Waals surface area contributed by atoms with E-state index in [2.05, 4.69) is 10.1 Å². The molecule has 0 fully saturated rings. The highest BCUT2D eigenvalue weighted by Gasteiger charge is 2.23. The van der Waals surface area contributed by atoms with Crippen molar-refractivity contribution in [2.24, 2.45) is 5.92 Å². The normalized spacial score (nSPS) is 12.8. The lowest BCUT2D eigenvalue weighted by Gasteiger charge is -2.21. The number of ether oxygens (including phenoxy) is 2. The Morgan fingerprint density at radius 2 is 1.63 bits per heavy atom. The lowest BCUT2D eigenvalue weighted by atomic mass is 10.1. The van der Waals surface area contributed by atoms with Crippen molar-refractivity contribution in [3.8, 4) is 0 Å². The summed E-state index contributed by atoms with van der Waals surface area (Å²) in [7, 11) is 0. The van der Waals surface area contributed by atoms with Gasteiger partial charge in [-0.1, -0.05) is 13.8 Å². The summed E-state index contributed by atoms with van der Waals surface area (Å²) in [6.07, 6.45) is -0.571. The van der Waals surface area contributed by atoms with E-state index in [1.165, 1.54) is 6.92 Å². The first-order valence-electron chi connectivity index (χ1n) is 6.25. The minimum Gasteiger partial charge on any atom is -0.444 e. The summed E-state index contributed by atoms with van der Waals surface area (Å²) >= 11 is 0. The molecule has 0 aromatic carbocycles. The van der Waals surface area contributed by atoms with Crippen LogP contribution in [0.5, 0.6) is 0 Å². The Morgan fingerprint density at radius 3 is 2.05 bits per heavy atom. The molecule has 19 heavy (non-hydrogen) atoms. The predicted octanol–water partition coefficient (Wildman–Crippen LogP) is 2.02. The van der Waals surface area contributed by atoms with Crippen LogP contribution in [0.3, 0.4) is 0 Å². The van der Waals surface area contributed by atoms with Crippen molar-refractivity contribution in [2.45, 2.75) is 59.6 Å². The molecule has 0 aromatic heterocycles. The largest absolute Gasteiger partial charge is 0.444 e. The van der Waals surface area contributed by atoms with Crippen molar-refractivity contribution < 1.29 is 23.9 Å². The summed E-state index contributed by atoms with van der Waals surface area (Å²) in [4.78, 5) is 34.2. The third kappa shape index (κ3) is 9.04. The molecule has 6 nitrogen and oxygen atoms in total. The van der Waals surface area contributed by atoms with Crippen LogP contribution < -0.4 is 5.32 Å². The first-order valence-corrected chi connectivity index (χ1v) is 6.25. The lowest BCUT2D eigenvalue weighted by Crippen LogP contribution is -2.43. The van der Waals surface area contributed by atoms with Crippen LogP contribution in [0.1, 0.15) is 48.0 Å². The number of esters is 2. The van der Waals surface area contributed by atoms with Crippen molar-refractivity contribution in [3.05, 3.63) is 0 Å². The topological polar surface area (TPSA) is 81.7 Å².